The maximum absolute atomic E-state index is 10.9. The highest BCUT2D eigenvalue weighted by Crippen LogP contribution is 2.39. The lowest BCUT2D eigenvalue weighted by Crippen LogP contribution is -2.30. The zero-order chi connectivity index (χ0) is 7.73. The largest absolute Gasteiger partial charge is 0.459 e. The van der Waals surface area contributed by atoms with Gasteiger partial charge >= 0.3 is 5.97 Å². The molecule has 2 nitrogen and oxygen atoms in total. The van der Waals surface area contributed by atoms with Crippen LogP contribution in [0.3, 0.4) is 0 Å². The lowest BCUT2D eigenvalue weighted by atomic mass is 9.83. The molecule has 0 aromatic heterocycles. The van der Waals surface area contributed by atoms with Gasteiger partial charge in [0, 0.05) is 6.42 Å². The van der Waals surface area contributed by atoms with E-state index in [1.165, 1.54) is 0 Å². The summed E-state index contributed by atoms with van der Waals surface area (Å²) in [4.78, 5) is 10.9. The Labute approximate surface area is 66.9 Å². The first kappa shape index (κ1) is 7.14. The predicted molar refractivity (Wildman–Crippen MR) is 40.8 cm³/mol. The van der Waals surface area contributed by atoms with Crippen LogP contribution in [0.4, 0.5) is 0 Å². The number of carbonyl (C=O) groups excluding carboxylic acids is 1. The Bertz CT molecular complexity index is 168. The summed E-state index contributed by atoms with van der Waals surface area (Å²) in [5.74, 6) is 0.00639. The van der Waals surface area contributed by atoms with Crippen LogP contribution < -0.4 is 0 Å². The molecule has 2 fully saturated rings. The normalized spacial score (nSPS) is 28.9. The van der Waals surface area contributed by atoms with Crippen LogP contribution in [-0.2, 0) is 9.53 Å². The molecule has 0 atom stereocenters. The van der Waals surface area contributed by atoms with E-state index in [2.05, 4.69) is 6.42 Å². The summed E-state index contributed by atoms with van der Waals surface area (Å²) in [6.45, 7) is 0. The van der Waals surface area contributed by atoms with Crippen LogP contribution in [0.2, 0.25) is 0 Å². The lowest BCUT2D eigenvalue weighted by molar-refractivity contribution is -0.150. The SMILES string of the molecule is O=C1CCC2(CC[CH]CC2)O1. The Morgan fingerprint density at radius 1 is 1.27 bits per heavy atom. The topological polar surface area (TPSA) is 26.3 Å². The van der Waals surface area contributed by atoms with Crippen molar-refractivity contribution < 1.29 is 9.53 Å². The fraction of sp³-hybridized carbons (Fsp3) is 0.778. The quantitative estimate of drug-likeness (QED) is 0.496. The van der Waals surface area contributed by atoms with Crippen LogP contribution in [-0.4, -0.2) is 11.6 Å². The Morgan fingerprint density at radius 3 is 2.55 bits per heavy atom. The van der Waals surface area contributed by atoms with Crippen molar-refractivity contribution in [2.45, 2.75) is 44.1 Å². The van der Waals surface area contributed by atoms with Crippen molar-refractivity contribution in [2.24, 2.45) is 0 Å². The van der Waals surface area contributed by atoms with Crippen LogP contribution in [0, 0.1) is 6.42 Å². The fourth-order valence-corrected chi connectivity index (χ4v) is 2.03. The van der Waals surface area contributed by atoms with Gasteiger partial charge in [0.1, 0.15) is 5.60 Å². The second kappa shape index (κ2) is 2.50. The molecule has 2 heteroatoms. The van der Waals surface area contributed by atoms with Crippen LogP contribution in [0.15, 0.2) is 0 Å². The maximum Gasteiger partial charge on any atom is 0.306 e. The van der Waals surface area contributed by atoms with E-state index in [0.29, 0.717) is 6.42 Å². The first-order valence-corrected chi connectivity index (χ1v) is 4.34. The summed E-state index contributed by atoms with van der Waals surface area (Å²) in [5.41, 5.74) is -0.0359. The highest BCUT2D eigenvalue weighted by atomic mass is 16.6. The van der Waals surface area contributed by atoms with E-state index >= 15 is 0 Å². The highest BCUT2D eigenvalue weighted by Gasteiger charge is 2.40. The van der Waals surface area contributed by atoms with E-state index < -0.39 is 0 Å². The van der Waals surface area contributed by atoms with E-state index in [0.717, 1.165) is 32.1 Å². The second-order valence-corrected chi connectivity index (χ2v) is 3.52. The van der Waals surface area contributed by atoms with Gasteiger partial charge in [-0.15, -0.1) is 0 Å². The summed E-state index contributed by atoms with van der Waals surface area (Å²) >= 11 is 0. The van der Waals surface area contributed by atoms with E-state index in [1.54, 1.807) is 0 Å². The van der Waals surface area contributed by atoms with Gasteiger partial charge in [-0.05, 0) is 38.5 Å². The third-order valence-corrected chi connectivity index (χ3v) is 2.72. The van der Waals surface area contributed by atoms with Crippen molar-refractivity contribution in [3.05, 3.63) is 6.42 Å². The van der Waals surface area contributed by atoms with Crippen molar-refractivity contribution in [3.63, 3.8) is 0 Å². The molecule has 1 saturated heterocycles. The number of hydrogen-bond acceptors (Lipinski definition) is 2. The Morgan fingerprint density at radius 2 is 2.00 bits per heavy atom. The molecule has 0 aromatic carbocycles. The molecule has 0 unspecified atom stereocenters. The van der Waals surface area contributed by atoms with Crippen molar-refractivity contribution in [2.75, 3.05) is 0 Å². The van der Waals surface area contributed by atoms with Gasteiger partial charge in [-0.25, -0.2) is 0 Å². The number of rotatable bonds is 0. The van der Waals surface area contributed by atoms with Crippen molar-refractivity contribution in [3.8, 4) is 0 Å². The monoisotopic (exact) mass is 153 g/mol. The number of esters is 1. The van der Waals surface area contributed by atoms with Gasteiger partial charge in [0.2, 0.25) is 0 Å². The summed E-state index contributed by atoms with van der Waals surface area (Å²) < 4.78 is 5.33. The summed E-state index contributed by atoms with van der Waals surface area (Å²) in [7, 11) is 0. The molecule has 11 heavy (non-hydrogen) atoms. The van der Waals surface area contributed by atoms with Crippen molar-refractivity contribution in [1.29, 1.82) is 0 Å². The standard InChI is InChI=1S/C9H13O2/c10-8-4-7-9(11-8)5-2-1-3-6-9/h1H,2-7H2. The van der Waals surface area contributed by atoms with Gasteiger partial charge < -0.3 is 4.74 Å². The Hall–Kier alpha value is -0.530. The zero-order valence-electron chi connectivity index (χ0n) is 6.64. The average molecular weight is 153 g/mol. The molecule has 1 aliphatic carbocycles. The third kappa shape index (κ3) is 1.26. The van der Waals surface area contributed by atoms with Gasteiger partial charge in [0.15, 0.2) is 0 Å². The molecular formula is C9H13O2. The number of hydrogen-bond donors (Lipinski definition) is 0. The van der Waals surface area contributed by atoms with Crippen LogP contribution >= 0.6 is 0 Å². The molecule has 1 saturated carbocycles. The van der Waals surface area contributed by atoms with Gasteiger partial charge in [-0.2, -0.15) is 0 Å². The molecule has 1 aliphatic heterocycles. The van der Waals surface area contributed by atoms with Crippen LogP contribution in [0.1, 0.15) is 38.5 Å². The maximum atomic E-state index is 10.9. The van der Waals surface area contributed by atoms with Crippen LogP contribution in [0.5, 0.6) is 0 Å². The van der Waals surface area contributed by atoms with E-state index in [4.69, 9.17) is 4.74 Å². The molecule has 1 radical (unpaired) electrons. The molecule has 1 heterocycles. The Balaban J connectivity index is 2.03. The first-order chi connectivity index (χ1) is 5.31. The van der Waals surface area contributed by atoms with Gasteiger partial charge in [-0.3, -0.25) is 4.79 Å². The fourth-order valence-electron chi connectivity index (χ4n) is 2.03. The summed E-state index contributed by atoms with van der Waals surface area (Å²) in [6, 6.07) is 0. The third-order valence-electron chi connectivity index (χ3n) is 2.72. The second-order valence-electron chi connectivity index (χ2n) is 3.52. The molecule has 0 bridgehead atoms. The molecule has 61 valence electrons. The van der Waals surface area contributed by atoms with Gasteiger partial charge in [-0.1, -0.05) is 0 Å². The minimum absolute atomic E-state index is 0.00639. The summed E-state index contributed by atoms with van der Waals surface area (Å²) in [6.07, 6.45) is 8.23. The Kier molecular flexibility index (Phi) is 1.63. The number of carbonyl (C=O) groups is 1. The zero-order valence-corrected chi connectivity index (χ0v) is 6.64. The lowest BCUT2D eigenvalue weighted by Gasteiger charge is -2.31. The van der Waals surface area contributed by atoms with E-state index in [-0.39, 0.29) is 11.6 Å². The van der Waals surface area contributed by atoms with Gasteiger partial charge in [0.25, 0.3) is 0 Å². The highest BCUT2D eigenvalue weighted by molar-refractivity contribution is 5.72. The molecule has 2 aliphatic rings. The minimum Gasteiger partial charge on any atom is -0.459 e. The predicted octanol–water partition coefficient (Wildman–Crippen LogP) is 1.84. The molecule has 0 N–H and O–H groups in total. The first-order valence-electron chi connectivity index (χ1n) is 4.34. The minimum atomic E-state index is -0.0359. The molecule has 0 amide bonds. The summed E-state index contributed by atoms with van der Waals surface area (Å²) in [5, 5.41) is 0. The number of ether oxygens (including phenoxy) is 1. The van der Waals surface area contributed by atoms with Crippen LogP contribution in [0.25, 0.3) is 0 Å². The average Bonchev–Trinajstić information content (AvgIpc) is 2.34. The molecular weight excluding hydrogens is 140 g/mol. The smallest absolute Gasteiger partial charge is 0.306 e. The van der Waals surface area contributed by atoms with E-state index in [9.17, 15) is 4.79 Å². The van der Waals surface area contributed by atoms with Crippen molar-refractivity contribution >= 4 is 5.97 Å². The van der Waals surface area contributed by atoms with E-state index in [1.807, 2.05) is 0 Å². The molecule has 2 rings (SSSR count). The molecule has 0 aromatic rings. The van der Waals surface area contributed by atoms with Crippen molar-refractivity contribution in [1.82, 2.24) is 0 Å². The van der Waals surface area contributed by atoms with Gasteiger partial charge in [0.05, 0.1) is 0 Å². The molecule has 1 spiro atoms.